The van der Waals surface area contributed by atoms with Crippen LogP contribution in [0.3, 0.4) is 0 Å². The second-order valence-corrected chi connectivity index (χ2v) is 5.94. The molecule has 2 aliphatic carbocycles. The van der Waals surface area contributed by atoms with E-state index in [9.17, 15) is 4.79 Å². The fourth-order valence-electron chi connectivity index (χ4n) is 2.53. The second kappa shape index (κ2) is 6.87. The minimum Gasteiger partial charge on any atom is -0.465 e. The van der Waals surface area contributed by atoms with Crippen LogP contribution in [-0.2, 0) is 0 Å². The Hall–Kier alpha value is -0.730. The lowest BCUT2D eigenvalue weighted by atomic mass is 9.74. The molecule has 0 saturated heterocycles. The maximum atomic E-state index is 10.6. The van der Waals surface area contributed by atoms with E-state index < -0.39 is 6.09 Å². The van der Waals surface area contributed by atoms with E-state index in [1.165, 1.54) is 25.7 Å². The van der Waals surface area contributed by atoms with Gasteiger partial charge in [0.05, 0.1) is 0 Å². The smallest absolute Gasteiger partial charge is 0.404 e. The molecule has 3 atom stereocenters. The van der Waals surface area contributed by atoms with Crippen molar-refractivity contribution in [1.29, 1.82) is 0 Å². The topological polar surface area (TPSA) is 49.3 Å². The Morgan fingerprint density at radius 1 is 1.24 bits per heavy atom. The summed E-state index contributed by atoms with van der Waals surface area (Å²) >= 11 is 0. The fourth-order valence-corrected chi connectivity index (χ4v) is 2.53. The van der Waals surface area contributed by atoms with E-state index in [1.54, 1.807) is 0 Å². The molecular weight excluding hydrogens is 214 g/mol. The molecule has 3 nitrogen and oxygen atoms in total. The predicted molar refractivity (Wildman–Crippen MR) is 70.1 cm³/mol. The average Bonchev–Trinajstić information content (AvgIpc) is 3.02. The molecule has 0 bridgehead atoms. The van der Waals surface area contributed by atoms with Gasteiger partial charge in [-0.3, -0.25) is 0 Å². The Morgan fingerprint density at radius 3 is 2.24 bits per heavy atom. The van der Waals surface area contributed by atoms with Crippen molar-refractivity contribution < 1.29 is 9.90 Å². The number of rotatable bonds is 2. The van der Waals surface area contributed by atoms with Crippen LogP contribution < -0.4 is 5.32 Å². The van der Waals surface area contributed by atoms with Crippen LogP contribution in [0.4, 0.5) is 4.79 Å². The van der Waals surface area contributed by atoms with Gasteiger partial charge in [-0.25, -0.2) is 4.79 Å². The van der Waals surface area contributed by atoms with Crippen LogP contribution >= 0.6 is 0 Å². The van der Waals surface area contributed by atoms with Gasteiger partial charge >= 0.3 is 6.09 Å². The average molecular weight is 241 g/mol. The summed E-state index contributed by atoms with van der Waals surface area (Å²) < 4.78 is 0. The first-order chi connectivity index (χ1) is 8.00. The first kappa shape index (κ1) is 14.3. The van der Waals surface area contributed by atoms with Crippen molar-refractivity contribution in [3.8, 4) is 0 Å². The van der Waals surface area contributed by atoms with Gasteiger partial charge < -0.3 is 10.4 Å². The van der Waals surface area contributed by atoms with Crippen molar-refractivity contribution in [2.75, 3.05) is 0 Å². The van der Waals surface area contributed by atoms with Gasteiger partial charge in [-0.2, -0.15) is 0 Å². The highest BCUT2D eigenvalue weighted by Gasteiger charge is 2.31. The third kappa shape index (κ3) is 5.94. The molecule has 1 amide bonds. The fraction of sp³-hybridized carbons (Fsp3) is 0.929. The van der Waals surface area contributed by atoms with Crippen LogP contribution in [0.1, 0.15) is 59.3 Å². The van der Waals surface area contributed by atoms with E-state index in [0.29, 0.717) is 17.8 Å². The van der Waals surface area contributed by atoms with Crippen molar-refractivity contribution in [3.05, 3.63) is 0 Å². The molecule has 2 N–H and O–H groups in total. The summed E-state index contributed by atoms with van der Waals surface area (Å²) in [6.45, 7) is 6.56. The molecule has 0 aromatic carbocycles. The Kier molecular flexibility index (Phi) is 5.79. The molecule has 17 heavy (non-hydrogen) atoms. The van der Waals surface area contributed by atoms with Gasteiger partial charge in [0.25, 0.3) is 0 Å². The highest BCUT2D eigenvalue weighted by atomic mass is 16.4. The lowest BCUT2D eigenvalue weighted by Crippen LogP contribution is -2.45. The summed E-state index contributed by atoms with van der Waals surface area (Å²) in [5.74, 6) is 1.74. The molecular formula is C14H27NO2. The van der Waals surface area contributed by atoms with Crippen LogP contribution in [0.15, 0.2) is 0 Å². The highest BCUT2D eigenvalue weighted by Crippen LogP contribution is 2.33. The second-order valence-electron chi connectivity index (χ2n) is 5.94. The van der Waals surface area contributed by atoms with Gasteiger partial charge in [0.2, 0.25) is 0 Å². The summed E-state index contributed by atoms with van der Waals surface area (Å²) in [7, 11) is 0. The number of carboxylic acid groups (broad SMARTS) is 1. The standard InChI is InChI=1S/C11H21NO2.C3H6/c1-7(2)9-5-4-8(3)6-10(9)12-11(13)14;1-2-3-1/h7-10,12H,4-6H2,1-3H3,(H,13,14);1-3H2/t8-,9-,10-;/m0./s1. The van der Waals surface area contributed by atoms with Crippen LogP contribution in [0.5, 0.6) is 0 Å². The largest absolute Gasteiger partial charge is 0.465 e. The molecule has 2 rings (SSSR count). The van der Waals surface area contributed by atoms with Crippen LogP contribution in [0.25, 0.3) is 0 Å². The zero-order chi connectivity index (χ0) is 12.8. The quantitative estimate of drug-likeness (QED) is 0.770. The summed E-state index contributed by atoms with van der Waals surface area (Å²) in [5.41, 5.74) is 0. The van der Waals surface area contributed by atoms with Crippen molar-refractivity contribution in [3.63, 3.8) is 0 Å². The SMILES string of the molecule is C1CC1.CC(C)[C@@H]1CC[C@H](C)C[C@@H]1NC(=O)O. The highest BCUT2D eigenvalue weighted by molar-refractivity contribution is 5.64. The van der Waals surface area contributed by atoms with E-state index in [4.69, 9.17) is 5.11 Å². The zero-order valence-electron chi connectivity index (χ0n) is 11.4. The third-order valence-electron chi connectivity index (χ3n) is 3.68. The maximum absolute atomic E-state index is 10.6. The maximum Gasteiger partial charge on any atom is 0.404 e. The molecule has 2 aliphatic rings. The van der Waals surface area contributed by atoms with Gasteiger partial charge in [0.15, 0.2) is 0 Å². The predicted octanol–water partition coefficient (Wildman–Crippen LogP) is 3.89. The van der Waals surface area contributed by atoms with Crippen molar-refractivity contribution in [2.45, 2.75) is 65.3 Å². The summed E-state index contributed by atoms with van der Waals surface area (Å²) in [6, 6.07) is 0.163. The van der Waals surface area contributed by atoms with E-state index in [-0.39, 0.29) is 6.04 Å². The van der Waals surface area contributed by atoms with E-state index in [2.05, 4.69) is 26.1 Å². The molecule has 0 radical (unpaired) electrons. The van der Waals surface area contributed by atoms with Gasteiger partial charge in [-0.15, -0.1) is 0 Å². The van der Waals surface area contributed by atoms with Crippen LogP contribution in [0, 0.1) is 17.8 Å². The summed E-state index contributed by atoms with van der Waals surface area (Å²) in [6.07, 6.45) is 7.01. The normalized spacial score (nSPS) is 31.4. The molecule has 0 unspecified atom stereocenters. The summed E-state index contributed by atoms with van der Waals surface area (Å²) in [5, 5.41) is 11.4. The Balaban J connectivity index is 0.000000415. The molecule has 2 fully saturated rings. The van der Waals surface area contributed by atoms with E-state index >= 15 is 0 Å². The van der Waals surface area contributed by atoms with Crippen LogP contribution in [-0.4, -0.2) is 17.2 Å². The zero-order valence-corrected chi connectivity index (χ0v) is 11.4. The Bertz CT molecular complexity index is 236. The van der Waals surface area contributed by atoms with Crippen LogP contribution in [0.2, 0.25) is 0 Å². The molecule has 0 heterocycles. The molecule has 2 saturated carbocycles. The number of nitrogens with one attached hydrogen (secondary N) is 1. The molecule has 0 aromatic rings. The number of hydrogen-bond acceptors (Lipinski definition) is 1. The van der Waals surface area contributed by atoms with Crippen molar-refractivity contribution in [1.82, 2.24) is 5.32 Å². The molecule has 0 aliphatic heterocycles. The van der Waals surface area contributed by atoms with Crippen molar-refractivity contribution >= 4 is 6.09 Å². The third-order valence-corrected chi connectivity index (χ3v) is 3.68. The van der Waals surface area contributed by atoms with Gasteiger partial charge in [0.1, 0.15) is 0 Å². The number of amides is 1. The lowest BCUT2D eigenvalue weighted by molar-refractivity contribution is 0.147. The molecule has 0 spiro atoms. The Morgan fingerprint density at radius 2 is 1.82 bits per heavy atom. The van der Waals surface area contributed by atoms with E-state index in [1.807, 2.05) is 0 Å². The van der Waals surface area contributed by atoms with Gasteiger partial charge in [0, 0.05) is 6.04 Å². The first-order valence-corrected chi connectivity index (χ1v) is 7.00. The monoisotopic (exact) mass is 241 g/mol. The lowest BCUT2D eigenvalue weighted by Gasteiger charge is -2.37. The van der Waals surface area contributed by atoms with Gasteiger partial charge in [-0.05, 0) is 30.6 Å². The van der Waals surface area contributed by atoms with Crippen molar-refractivity contribution in [2.24, 2.45) is 17.8 Å². The minimum absolute atomic E-state index is 0.163. The van der Waals surface area contributed by atoms with Gasteiger partial charge in [-0.1, -0.05) is 46.5 Å². The molecule has 3 heteroatoms. The Labute approximate surface area is 105 Å². The van der Waals surface area contributed by atoms with E-state index in [0.717, 1.165) is 12.8 Å². The number of carbonyl (C=O) groups is 1. The first-order valence-electron chi connectivity index (χ1n) is 7.00. The number of hydrogen-bond donors (Lipinski definition) is 2. The summed E-state index contributed by atoms with van der Waals surface area (Å²) in [4.78, 5) is 10.6. The molecule has 100 valence electrons. The molecule has 0 aromatic heterocycles. The minimum atomic E-state index is -0.880.